The molecule has 0 spiro atoms. The van der Waals surface area contributed by atoms with Gasteiger partial charge >= 0.3 is 6.09 Å². The lowest BCUT2D eigenvalue weighted by Crippen LogP contribution is -2.38. The van der Waals surface area contributed by atoms with E-state index in [1.54, 1.807) is 11.0 Å². The lowest BCUT2D eigenvalue weighted by molar-refractivity contribution is 0.0258. The molecule has 0 aliphatic carbocycles. The Morgan fingerprint density at radius 2 is 1.64 bits per heavy atom. The molecule has 1 aliphatic heterocycles. The van der Waals surface area contributed by atoms with Crippen LogP contribution in [0.15, 0.2) is 66.7 Å². The molecule has 3 aromatic carbocycles. The van der Waals surface area contributed by atoms with Crippen molar-refractivity contribution in [1.29, 1.82) is 0 Å². The highest BCUT2D eigenvalue weighted by atomic mass is 16.6. The van der Waals surface area contributed by atoms with Gasteiger partial charge in [0.25, 0.3) is 5.91 Å². The fourth-order valence-electron chi connectivity index (χ4n) is 4.18. The van der Waals surface area contributed by atoms with Crippen LogP contribution in [0.1, 0.15) is 53.4 Å². The zero-order valence-corrected chi connectivity index (χ0v) is 21.5. The van der Waals surface area contributed by atoms with Crippen LogP contribution < -0.4 is 10.1 Å². The van der Waals surface area contributed by atoms with Crippen LogP contribution >= 0.6 is 0 Å². The van der Waals surface area contributed by atoms with E-state index in [1.165, 1.54) is 5.56 Å². The molecule has 1 aliphatic rings. The Hall–Kier alpha value is -3.80. The van der Waals surface area contributed by atoms with Crippen LogP contribution in [0, 0.1) is 6.92 Å². The molecule has 0 unspecified atom stereocenters. The van der Waals surface area contributed by atoms with Gasteiger partial charge in [-0.15, -0.1) is 0 Å². The summed E-state index contributed by atoms with van der Waals surface area (Å²) >= 11 is 0. The van der Waals surface area contributed by atoms with Crippen LogP contribution in [0.3, 0.4) is 0 Å². The number of amides is 2. The van der Waals surface area contributed by atoms with E-state index in [2.05, 4.69) is 5.32 Å². The van der Waals surface area contributed by atoms with Gasteiger partial charge in [0.2, 0.25) is 0 Å². The van der Waals surface area contributed by atoms with Crippen molar-refractivity contribution in [3.8, 4) is 5.75 Å². The lowest BCUT2D eigenvalue weighted by Gasteiger charge is -2.26. The molecule has 0 fully saturated rings. The molecule has 6 heteroatoms. The number of nitrogens with one attached hydrogen (secondary N) is 1. The van der Waals surface area contributed by atoms with E-state index in [9.17, 15) is 9.59 Å². The number of nitrogens with zero attached hydrogens (tertiary/aromatic N) is 1. The predicted octanol–water partition coefficient (Wildman–Crippen LogP) is 6.16. The highest BCUT2D eigenvalue weighted by Crippen LogP contribution is 2.25. The molecule has 4 rings (SSSR count). The van der Waals surface area contributed by atoms with Crippen LogP contribution in [0.25, 0.3) is 0 Å². The minimum absolute atomic E-state index is 0.220. The predicted molar refractivity (Wildman–Crippen MR) is 142 cm³/mol. The zero-order chi connectivity index (χ0) is 25.7. The molecule has 2 amide bonds. The van der Waals surface area contributed by atoms with Crippen molar-refractivity contribution in [2.75, 3.05) is 18.4 Å². The number of carbonyl (C=O) groups excluding carboxylic acids is 2. The molecule has 0 aromatic heterocycles. The van der Waals surface area contributed by atoms with E-state index >= 15 is 0 Å². The Labute approximate surface area is 213 Å². The standard InChI is InChI=1S/C30H34N2O4/c1-21-10-13-26(27(18-21)35-20-22-8-6-5-7-9-22)28(33)31-25-12-11-23-14-16-32(17-15-24(23)19-25)29(34)36-30(2,3)4/h5-13,18-19H,14-17,20H2,1-4H3,(H,31,33). The van der Waals surface area contributed by atoms with E-state index in [0.29, 0.717) is 37.4 Å². The van der Waals surface area contributed by atoms with Crippen molar-refractivity contribution < 1.29 is 19.1 Å². The molecule has 0 bridgehead atoms. The number of anilines is 1. The first-order chi connectivity index (χ1) is 17.2. The van der Waals surface area contributed by atoms with Gasteiger partial charge < -0.3 is 19.7 Å². The van der Waals surface area contributed by atoms with Gasteiger partial charge in [-0.2, -0.15) is 0 Å². The van der Waals surface area contributed by atoms with Gasteiger partial charge in [-0.1, -0.05) is 42.5 Å². The molecule has 36 heavy (non-hydrogen) atoms. The smallest absolute Gasteiger partial charge is 0.410 e. The molecule has 6 nitrogen and oxygen atoms in total. The highest BCUT2D eigenvalue weighted by Gasteiger charge is 2.24. The van der Waals surface area contributed by atoms with E-state index in [1.807, 2.05) is 88.4 Å². The second kappa shape index (κ2) is 10.9. The van der Waals surface area contributed by atoms with Crippen LogP contribution in [0.4, 0.5) is 10.5 Å². The molecule has 188 valence electrons. The maximum Gasteiger partial charge on any atom is 0.410 e. The second-order valence-electron chi connectivity index (χ2n) is 10.2. The highest BCUT2D eigenvalue weighted by molar-refractivity contribution is 6.06. The molecule has 1 N–H and O–H groups in total. The monoisotopic (exact) mass is 486 g/mol. The number of benzene rings is 3. The van der Waals surface area contributed by atoms with Gasteiger partial charge in [0.15, 0.2) is 0 Å². The van der Waals surface area contributed by atoms with E-state index in [0.717, 1.165) is 28.8 Å². The molecule has 0 atom stereocenters. The number of hydrogen-bond acceptors (Lipinski definition) is 4. The van der Waals surface area contributed by atoms with Crippen LogP contribution in [-0.4, -0.2) is 35.6 Å². The average molecular weight is 487 g/mol. The number of hydrogen-bond donors (Lipinski definition) is 1. The summed E-state index contributed by atoms with van der Waals surface area (Å²) < 4.78 is 11.6. The van der Waals surface area contributed by atoms with E-state index in [-0.39, 0.29) is 12.0 Å². The Kier molecular flexibility index (Phi) is 7.63. The molecular formula is C30H34N2O4. The fraction of sp³-hybridized carbons (Fsp3) is 0.333. The average Bonchev–Trinajstić information content (AvgIpc) is 3.05. The number of rotatable bonds is 5. The minimum Gasteiger partial charge on any atom is -0.488 e. The normalized spacial score (nSPS) is 13.4. The van der Waals surface area contributed by atoms with Crippen molar-refractivity contribution in [1.82, 2.24) is 4.90 Å². The van der Waals surface area contributed by atoms with Crippen molar-refractivity contribution in [3.63, 3.8) is 0 Å². The van der Waals surface area contributed by atoms with Gasteiger partial charge in [0, 0.05) is 18.8 Å². The third-order valence-corrected chi connectivity index (χ3v) is 6.04. The molecule has 1 heterocycles. The summed E-state index contributed by atoms with van der Waals surface area (Å²) in [5.41, 5.74) is 5.06. The quantitative estimate of drug-likeness (QED) is 0.469. The third-order valence-electron chi connectivity index (χ3n) is 6.04. The lowest BCUT2D eigenvalue weighted by atomic mass is 10.0. The third kappa shape index (κ3) is 6.66. The van der Waals surface area contributed by atoms with Gasteiger partial charge in [0.1, 0.15) is 18.0 Å². The summed E-state index contributed by atoms with van der Waals surface area (Å²) in [7, 11) is 0. The van der Waals surface area contributed by atoms with Crippen molar-refractivity contribution >= 4 is 17.7 Å². The first-order valence-corrected chi connectivity index (χ1v) is 12.4. The minimum atomic E-state index is -0.521. The maximum absolute atomic E-state index is 13.2. The molecule has 0 saturated heterocycles. The number of ether oxygens (including phenoxy) is 2. The first kappa shape index (κ1) is 25.3. The summed E-state index contributed by atoms with van der Waals surface area (Å²) in [6.07, 6.45) is 1.16. The van der Waals surface area contributed by atoms with Crippen LogP contribution in [-0.2, 0) is 24.2 Å². The Morgan fingerprint density at radius 3 is 2.36 bits per heavy atom. The SMILES string of the molecule is Cc1ccc(C(=O)Nc2ccc3c(c2)CCN(C(=O)OC(C)(C)C)CC3)c(OCc2ccccc2)c1. The molecule has 0 radical (unpaired) electrons. The van der Waals surface area contributed by atoms with Crippen LogP contribution in [0.5, 0.6) is 5.75 Å². The number of aryl methyl sites for hydroxylation is 1. The van der Waals surface area contributed by atoms with Crippen molar-refractivity contribution in [2.45, 2.75) is 52.7 Å². The second-order valence-corrected chi connectivity index (χ2v) is 10.2. The topological polar surface area (TPSA) is 67.9 Å². The van der Waals surface area contributed by atoms with Gasteiger partial charge in [-0.05, 0) is 87.1 Å². The summed E-state index contributed by atoms with van der Waals surface area (Å²) in [5, 5.41) is 3.03. The summed E-state index contributed by atoms with van der Waals surface area (Å²) in [6, 6.07) is 21.4. The zero-order valence-electron chi connectivity index (χ0n) is 21.5. The number of fused-ring (bicyclic) bond motifs is 1. The van der Waals surface area contributed by atoms with Gasteiger partial charge in [-0.3, -0.25) is 4.79 Å². The molecular weight excluding hydrogens is 452 g/mol. The van der Waals surface area contributed by atoms with E-state index < -0.39 is 5.60 Å². The number of carbonyl (C=O) groups is 2. The first-order valence-electron chi connectivity index (χ1n) is 12.4. The maximum atomic E-state index is 13.2. The van der Waals surface area contributed by atoms with E-state index in [4.69, 9.17) is 9.47 Å². The Balaban J connectivity index is 1.44. The van der Waals surface area contributed by atoms with Crippen molar-refractivity contribution in [3.05, 3.63) is 94.5 Å². The Bertz CT molecular complexity index is 1230. The summed E-state index contributed by atoms with van der Waals surface area (Å²) in [4.78, 5) is 27.5. The molecule has 0 saturated carbocycles. The van der Waals surface area contributed by atoms with Gasteiger partial charge in [-0.25, -0.2) is 4.79 Å². The van der Waals surface area contributed by atoms with Crippen LogP contribution in [0.2, 0.25) is 0 Å². The van der Waals surface area contributed by atoms with Gasteiger partial charge in [0.05, 0.1) is 5.56 Å². The summed E-state index contributed by atoms with van der Waals surface area (Å²) in [6.45, 7) is 9.17. The largest absolute Gasteiger partial charge is 0.488 e. The fourth-order valence-corrected chi connectivity index (χ4v) is 4.18. The van der Waals surface area contributed by atoms with Crippen molar-refractivity contribution in [2.24, 2.45) is 0 Å². The Morgan fingerprint density at radius 1 is 0.917 bits per heavy atom. The summed E-state index contributed by atoms with van der Waals surface area (Å²) in [5.74, 6) is 0.334. The molecule has 3 aromatic rings.